The van der Waals surface area contributed by atoms with Gasteiger partial charge in [0.25, 0.3) is 5.56 Å². The summed E-state index contributed by atoms with van der Waals surface area (Å²) in [6, 6.07) is 11.6. The lowest BCUT2D eigenvalue weighted by molar-refractivity contribution is 0.795. The van der Waals surface area contributed by atoms with Crippen molar-refractivity contribution >= 4 is 0 Å². The molecule has 0 atom stereocenters. The summed E-state index contributed by atoms with van der Waals surface area (Å²) >= 11 is 0. The van der Waals surface area contributed by atoms with Gasteiger partial charge >= 0.3 is 0 Å². The van der Waals surface area contributed by atoms with E-state index in [1.165, 1.54) is 24.5 Å². The van der Waals surface area contributed by atoms with Crippen LogP contribution in [0, 0.1) is 0 Å². The Hall–Kier alpha value is -1.90. The van der Waals surface area contributed by atoms with Crippen LogP contribution in [0.1, 0.15) is 25.3 Å². The van der Waals surface area contributed by atoms with Crippen LogP contribution < -0.4 is 5.56 Å². The molecule has 0 aliphatic carbocycles. The number of benzene rings is 1. The van der Waals surface area contributed by atoms with Crippen molar-refractivity contribution in [3.8, 4) is 11.3 Å². The highest BCUT2D eigenvalue weighted by Gasteiger charge is 1.99. The summed E-state index contributed by atoms with van der Waals surface area (Å²) in [7, 11) is 0. The number of hydrogen-bond donors (Lipinski definition) is 1. The Kier molecular flexibility index (Phi) is 3.70. The van der Waals surface area contributed by atoms with Crippen molar-refractivity contribution in [2.75, 3.05) is 0 Å². The SMILES string of the molecule is CCCCc1ccc(-c2ccc(=O)[nH]n2)cc1. The van der Waals surface area contributed by atoms with Crippen molar-refractivity contribution in [3.63, 3.8) is 0 Å². The Morgan fingerprint density at radius 3 is 2.47 bits per heavy atom. The third kappa shape index (κ3) is 3.03. The van der Waals surface area contributed by atoms with Crippen LogP contribution in [-0.2, 0) is 6.42 Å². The zero-order valence-corrected chi connectivity index (χ0v) is 9.94. The molecule has 17 heavy (non-hydrogen) atoms. The van der Waals surface area contributed by atoms with Crippen molar-refractivity contribution in [2.45, 2.75) is 26.2 Å². The molecular weight excluding hydrogens is 212 g/mol. The Labute approximate surface area is 101 Å². The first kappa shape index (κ1) is 11.6. The number of aryl methyl sites for hydroxylation is 1. The molecule has 0 fully saturated rings. The van der Waals surface area contributed by atoms with Crippen molar-refractivity contribution in [1.29, 1.82) is 0 Å². The smallest absolute Gasteiger partial charge is 0.264 e. The normalized spacial score (nSPS) is 10.4. The predicted octanol–water partition coefficient (Wildman–Crippen LogP) is 2.78. The summed E-state index contributed by atoms with van der Waals surface area (Å²) in [5, 5.41) is 6.44. The van der Waals surface area contributed by atoms with E-state index in [0.29, 0.717) is 0 Å². The molecule has 0 radical (unpaired) electrons. The van der Waals surface area contributed by atoms with Crippen LogP contribution in [0.2, 0.25) is 0 Å². The van der Waals surface area contributed by atoms with E-state index in [-0.39, 0.29) is 5.56 Å². The van der Waals surface area contributed by atoms with Gasteiger partial charge in [-0.2, -0.15) is 5.10 Å². The van der Waals surface area contributed by atoms with E-state index in [4.69, 9.17) is 0 Å². The van der Waals surface area contributed by atoms with Gasteiger partial charge in [0.15, 0.2) is 0 Å². The molecule has 1 aromatic carbocycles. The van der Waals surface area contributed by atoms with Crippen molar-refractivity contribution < 1.29 is 0 Å². The number of aromatic nitrogens is 2. The molecule has 1 N–H and O–H groups in total. The largest absolute Gasteiger partial charge is 0.268 e. The Morgan fingerprint density at radius 1 is 1.12 bits per heavy atom. The van der Waals surface area contributed by atoms with Gasteiger partial charge in [0.05, 0.1) is 5.69 Å². The number of hydrogen-bond acceptors (Lipinski definition) is 2. The molecule has 0 saturated carbocycles. The van der Waals surface area contributed by atoms with Gasteiger partial charge < -0.3 is 0 Å². The second kappa shape index (κ2) is 5.43. The number of nitrogens with one attached hydrogen (secondary N) is 1. The number of aromatic amines is 1. The molecule has 0 bridgehead atoms. The molecule has 0 saturated heterocycles. The molecule has 2 rings (SSSR count). The minimum absolute atomic E-state index is 0.173. The Balaban J connectivity index is 2.17. The minimum Gasteiger partial charge on any atom is -0.268 e. The van der Waals surface area contributed by atoms with Gasteiger partial charge in [-0.15, -0.1) is 0 Å². The summed E-state index contributed by atoms with van der Waals surface area (Å²) in [6.45, 7) is 2.19. The number of H-pyrrole nitrogens is 1. The zero-order chi connectivity index (χ0) is 12.1. The maximum absolute atomic E-state index is 10.9. The van der Waals surface area contributed by atoms with E-state index in [2.05, 4.69) is 29.3 Å². The lowest BCUT2D eigenvalue weighted by atomic mass is 10.0. The lowest BCUT2D eigenvalue weighted by Gasteiger charge is -2.02. The number of rotatable bonds is 4. The van der Waals surface area contributed by atoms with Gasteiger partial charge in [0.2, 0.25) is 0 Å². The van der Waals surface area contributed by atoms with Crippen LogP contribution in [0.25, 0.3) is 11.3 Å². The lowest BCUT2D eigenvalue weighted by Crippen LogP contribution is -2.05. The van der Waals surface area contributed by atoms with Crippen molar-refractivity contribution in [2.24, 2.45) is 0 Å². The van der Waals surface area contributed by atoms with E-state index in [9.17, 15) is 4.79 Å². The van der Waals surface area contributed by atoms with Crippen LogP contribution in [0.3, 0.4) is 0 Å². The van der Waals surface area contributed by atoms with Crippen LogP contribution in [0.4, 0.5) is 0 Å². The monoisotopic (exact) mass is 228 g/mol. The summed E-state index contributed by atoms with van der Waals surface area (Å²) in [5.74, 6) is 0. The van der Waals surface area contributed by atoms with Crippen molar-refractivity contribution in [3.05, 3.63) is 52.3 Å². The van der Waals surface area contributed by atoms with E-state index >= 15 is 0 Å². The van der Waals surface area contributed by atoms with Crippen molar-refractivity contribution in [1.82, 2.24) is 10.2 Å². The molecule has 2 aromatic rings. The van der Waals surface area contributed by atoms with Crippen LogP contribution in [-0.4, -0.2) is 10.2 Å². The zero-order valence-electron chi connectivity index (χ0n) is 9.94. The van der Waals surface area contributed by atoms with Gasteiger partial charge in [-0.25, -0.2) is 5.10 Å². The maximum Gasteiger partial charge on any atom is 0.264 e. The molecule has 0 amide bonds. The molecular formula is C14H16N2O. The summed E-state index contributed by atoms with van der Waals surface area (Å²) in [5.41, 5.74) is 3.00. The van der Waals surface area contributed by atoms with Crippen LogP contribution >= 0.6 is 0 Å². The molecule has 88 valence electrons. The second-order valence-corrected chi connectivity index (χ2v) is 4.11. The van der Waals surface area contributed by atoms with Gasteiger partial charge in [-0.3, -0.25) is 4.79 Å². The molecule has 0 unspecified atom stereocenters. The molecule has 1 heterocycles. The first-order chi connectivity index (χ1) is 8.29. The average molecular weight is 228 g/mol. The fourth-order valence-corrected chi connectivity index (χ4v) is 1.73. The van der Waals surface area contributed by atoms with E-state index < -0.39 is 0 Å². The highest BCUT2D eigenvalue weighted by Crippen LogP contribution is 2.16. The molecule has 0 aliphatic rings. The third-order valence-corrected chi connectivity index (χ3v) is 2.75. The number of nitrogens with zero attached hydrogens (tertiary/aromatic N) is 1. The first-order valence-electron chi connectivity index (χ1n) is 5.94. The topological polar surface area (TPSA) is 45.8 Å². The van der Waals surface area contributed by atoms with Gasteiger partial charge in [-0.05, 0) is 24.5 Å². The average Bonchev–Trinajstić information content (AvgIpc) is 2.38. The molecule has 3 heteroatoms. The minimum atomic E-state index is -0.173. The second-order valence-electron chi connectivity index (χ2n) is 4.11. The van der Waals surface area contributed by atoms with Crippen LogP contribution in [0.15, 0.2) is 41.2 Å². The molecule has 3 nitrogen and oxygen atoms in total. The summed E-state index contributed by atoms with van der Waals surface area (Å²) in [6.07, 6.45) is 3.55. The Bertz CT molecular complexity index is 508. The van der Waals surface area contributed by atoms with E-state index in [1.54, 1.807) is 6.07 Å². The van der Waals surface area contributed by atoms with E-state index in [0.717, 1.165) is 17.7 Å². The van der Waals surface area contributed by atoms with Crippen LogP contribution in [0.5, 0.6) is 0 Å². The quantitative estimate of drug-likeness (QED) is 0.874. The van der Waals surface area contributed by atoms with Gasteiger partial charge in [0, 0.05) is 11.6 Å². The number of unbranched alkanes of at least 4 members (excludes halogenated alkanes) is 1. The highest BCUT2D eigenvalue weighted by atomic mass is 16.1. The Morgan fingerprint density at radius 2 is 1.88 bits per heavy atom. The third-order valence-electron chi connectivity index (χ3n) is 2.75. The van der Waals surface area contributed by atoms with Gasteiger partial charge in [0.1, 0.15) is 0 Å². The first-order valence-corrected chi connectivity index (χ1v) is 5.94. The molecule has 0 aliphatic heterocycles. The molecule has 0 spiro atoms. The highest BCUT2D eigenvalue weighted by molar-refractivity contribution is 5.58. The molecule has 1 aromatic heterocycles. The fourth-order valence-electron chi connectivity index (χ4n) is 1.73. The fraction of sp³-hybridized carbons (Fsp3) is 0.286. The summed E-state index contributed by atoms with van der Waals surface area (Å²) < 4.78 is 0. The maximum atomic E-state index is 10.9. The van der Waals surface area contributed by atoms with Gasteiger partial charge in [-0.1, -0.05) is 37.6 Å². The van der Waals surface area contributed by atoms with E-state index in [1.807, 2.05) is 12.1 Å². The summed E-state index contributed by atoms with van der Waals surface area (Å²) in [4.78, 5) is 10.9. The predicted molar refractivity (Wildman–Crippen MR) is 68.9 cm³/mol. The standard InChI is InChI=1S/C14H16N2O/c1-2-3-4-11-5-7-12(8-6-11)13-9-10-14(17)16-15-13/h5-10H,2-4H2,1H3,(H,16,17).